The number of ether oxygens (including phenoxy) is 1. The Morgan fingerprint density at radius 3 is 2.78 bits per heavy atom. The quantitative estimate of drug-likeness (QED) is 0.255. The molecule has 0 saturated heterocycles. The number of Topliss-reactive ketones (excluding diaryl/α,β-unsaturated/α-hetero) is 1. The molecule has 194 valence electrons. The second-order valence-electron chi connectivity index (χ2n) is 8.94. The molecule has 1 aliphatic heterocycles. The Morgan fingerprint density at radius 2 is 2.11 bits per heavy atom. The standard InChI is InChI=1S/C24H22Cl2N4O6S/c1-12(31)10-30-11-18(16-8-27-19(7-20(16)30)17-9-28-29-23(17)26)22(32)15-6-13-5-14(25)3-4-21(13)35-24(15)36-37(2,33)34/h3-5,7-9,11-12,15,24,31H,6,10H2,1-2H3,(H,28,29)/t12-,15+,24?/m0/s1. The Balaban J connectivity index is 1.60. The molecule has 0 saturated carbocycles. The Kier molecular flexibility index (Phi) is 6.75. The number of benzene rings is 1. The van der Waals surface area contributed by atoms with Crippen LogP contribution in [0.1, 0.15) is 22.8 Å². The number of ketones is 1. The van der Waals surface area contributed by atoms with E-state index < -0.39 is 34.2 Å². The lowest BCUT2D eigenvalue weighted by Gasteiger charge is -2.31. The van der Waals surface area contributed by atoms with Gasteiger partial charge in [-0.25, -0.2) is 4.18 Å². The van der Waals surface area contributed by atoms with Crippen molar-refractivity contribution >= 4 is 50.0 Å². The van der Waals surface area contributed by atoms with Crippen molar-refractivity contribution < 1.29 is 27.2 Å². The van der Waals surface area contributed by atoms with Gasteiger partial charge in [-0.15, -0.1) is 0 Å². The van der Waals surface area contributed by atoms with Crippen LogP contribution in [0.15, 0.2) is 42.9 Å². The fourth-order valence-electron chi connectivity index (χ4n) is 4.45. The molecular weight excluding hydrogens is 543 g/mol. The number of aliphatic hydroxyl groups excluding tert-OH is 1. The third-order valence-electron chi connectivity index (χ3n) is 6.00. The van der Waals surface area contributed by atoms with Gasteiger partial charge < -0.3 is 14.4 Å². The fraction of sp³-hybridized carbons (Fsp3) is 0.292. The molecule has 2 N–H and O–H groups in total. The average Bonchev–Trinajstić information content (AvgIpc) is 3.40. The molecule has 0 amide bonds. The van der Waals surface area contributed by atoms with E-state index in [1.165, 1.54) is 0 Å². The number of aliphatic hydroxyl groups is 1. The molecule has 1 aliphatic rings. The van der Waals surface area contributed by atoms with Crippen molar-refractivity contribution in [2.45, 2.75) is 32.3 Å². The average molecular weight is 565 g/mol. The lowest BCUT2D eigenvalue weighted by atomic mass is 9.88. The number of H-pyrrole nitrogens is 1. The molecule has 0 spiro atoms. The minimum Gasteiger partial charge on any atom is -0.463 e. The highest BCUT2D eigenvalue weighted by molar-refractivity contribution is 7.86. The van der Waals surface area contributed by atoms with Crippen molar-refractivity contribution in [2.24, 2.45) is 5.92 Å². The molecule has 3 aromatic heterocycles. The fourth-order valence-corrected chi connectivity index (χ4v) is 5.36. The Morgan fingerprint density at radius 1 is 1.32 bits per heavy atom. The smallest absolute Gasteiger partial charge is 0.267 e. The highest BCUT2D eigenvalue weighted by Gasteiger charge is 2.40. The first-order valence-corrected chi connectivity index (χ1v) is 13.8. The number of hydrogen-bond acceptors (Lipinski definition) is 8. The van der Waals surface area contributed by atoms with E-state index in [0.29, 0.717) is 43.6 Å². The molecule has 10 nitrogen and oxygen atoms in total. The molecule has 4 aromatic rings. The Bertz CT molecular complexity index is 1610. The lowest BCUT2D eigenvalue weighted by molar-refractivity contribution is -0.0367. The summed E-state index contributed by atoms with van der Waals surface area (Å²) in [7, 11) is -3.95. The van der Waals surface area contributed by atoms with E-state index in [9.17, 15) is 18.3 Å². The van der Waals surface area contributed by atoms with Crippen molar-refractivity contribution in [3.8, 4) is 17.0 Å². The van der Waals surface area contributed by atoms with Crippen molar-refractivity contribution in [3.05, 3.63) is 64.2 Å². The summed E-state index contributed by atoms with van der Waals surface area (Å²) in [6.45, 7) is 1.84. The highest BCUT2D eigenvalue weighted by atomic mass is 35.5. The summed E-state index contributed by atoms with van der Waals surface area (Å²) >= 11 is 12.3. The number of rotatable bonds is 7. The molecule has 0 fully saturated rings. The van der Waals surface area contributed by atoms with E-state index in [4.69, 9.17) is 32.1 Å². The van der Waals surface area contributed by atoms with Gasteiger partial charge in [0, 0.05) is 34.9 Å². The summed E-state index contributed by atoms with van der Waals surface area (Å²) in [5, 5.41) is 18.0. The van der Waals surface area contributed by atoms with Gasteiger partial charge >= 0.3 is 0 Å². The molecule has 0 radical (unpaired) electrons. The molecule has 3 atom stereocenters. The zero-order valence-corrected chi connectivity index (χ0v) is 22.0. The summed E-state index contributed by atoms with van der Waals surface area (Å²) in [4.78, 5) is 18.4. The second kappa shape index (κ2) is 9.73. The van der Waals surface area contributed by atoms with Gasteiger partial charge in [0.05, 0.1) is 41.2 Å². The van der Waals surface area contributed by atoms with Gasteiger partial charge in [0.1, 0.15) is 10.9 Å². The van der Waals surface area contributed by atoms with Crippen molar-refractivity contribution in [1.82, 2.24) is 19.7 Å². The minimum atomic E-state index is -3.95. The van der Waals surface area contributed by atoms with E-state index in [1.54, 1.807) is 54.3 Å². The van der Waals surface area contributed by atoms with Crippen LogP contribution in [0, 0.1) is 5.92 Å². The van der Waals surface area contributed by atoms with Crippen LogP contribution in [0.3, 0.4) is 0 Å². The van der Waals surface area contributed by atoms with E-state index in [-0.39, 0.29) is 18.5 Å². The van der Waals surface area contributed by atoms with Crippen molar-refractivity contribution in [3.63, 3.8) is 0 Å². The Hall–Kier alpha value is -2.96. The highest BCUT2D eigenvalue weighted by Crippen LogP contribution is 2.37. The summed E-state index contributed by atoms with van der Waals surface area (Å²) in [5.74, 6) is -0.999. The first-order valence-electron chi connectivity index (χ1n) is 11.2. The maximum atomic E-state index is 13.9. The lowest BCUT2D eigenvalue weighted by Crippen LogP contribution is -2.41. The predicted octanol–water partition coefficient (Wildman–Crippen LogP) is 3.85. The topological polar surface area (TPSA) is 136 Å². The summed E-state index contributed by atoms with van der Waals surface area (Å²) in [5.41, 5.74) is 2.68. The van der Waals surface area contributed by atoms with Crippen LogP contribution < -0.4 is 4.74 Å². The summed E-state index contributed by atoms with van der Waals surface area (Å²) in [6.07, 6.45) is 3.67. The first-order chi connectivity index (χ1) is 17.5. The van der Waals surface area contributed by atoms with Gasteiger partial charge in [0.2, 0.25) is 6.29 Å². The van der Waals surface area contributed by atoms with Crippen LogP contribution in [-0.4, -0.2) is 57.7 Å². The number of carbonyl (C=O) groups excluding carboxylic acids is 1. The minimum absolute atomic E-state index is 0.147. The molecule has 1 aromatic carbocycles. The Labute approximate surface area is 222 Å². The van der Waals surface area contributed by atoms with Crippen LogP contribution in [-0.2, 0) is 27.3 Å². The third kappa shape index (κ3) is 5.23. The van der Waals surface area contributed by atoms with Crippen LogP contribution >= 0.6 is 23.2 Å². The number of aromatic amines is 1. The number of nitrogens with one attached hydrogen (secondary N) is 1. The van der Waals surface area contributed by atoms with Crippen LogP contribution in [0.2, 0.25) is 10.2 Å². The van der Waals surface area contributed by atoms with Crippen molar-refractivity contribution in [2.75, 3.05) is 6.26 Å². The first kappa shape index (κ1) is 25.7. The number of fused-ring (bicyclic) bond motifs is 2. The number of hydrogen-bond donors (Lipinski definition) is 2. The van der Waals surface area contributed by atoms with Gasteiger partial charge in [0.15, 0.2) is 5.78 Å². The number of pyridine rings is 1. The molecular formula is C24H22Cl2N4O6S. The summed E-state index contributed by atoms with van der Waals surface area (Å²) < 4.78 is 36.7. The van der Waals surface area contributed by atoms with Gasteiger partial charge in [-0.05, 0) is 43.2 Å². The number of aromatic nitrogens is 4. The molecule has 5 rings (SSSR count). The molecule has 0 aliphatic carbocycles. The van der Waals surface area contributed by atoms with Crippen molar-refractivity contribution in [1.29, 1.82) is 0 Å². The SMILES string of the molecule is C[C@H](O)Cn1cc(C(=O)[C@H]2Cc3cc(Cl)ccc3OC2OS(C)(=O)=O)c2cnc(-c3cn[nH]c3Cl)cc21. The maximum absolute atomic E-state index is 13.9. The number of nitrogens with zero attached hydrogens (tertiary/aromatic N) is 3. The maximum Gasteiger partial charge on any atom is 0.267 e. The van der Waals surface area contributed by atoms with E-state index in [0.717, 1.165) is 6.26 Å². The van der Waals surface area contributed by atoms with Crippen LogP contribution in [0.4, 0.5) is 0 Å². The monoisotopic (exact) mass is 564 g/mol. The number of carbonyl (C=O) groups is 1. The normalized spacial score (nSPS) is 18.4. The second-order valence-corrected chi connectivity index (χ2v) is 11.4. The van der Waals surface area contributed by atoms with Gasteiger partial charge in [-0.3, -0.25) is 14.9 Å². The number of halogens is 2. The third-order valence-corrected chi connectivity index (χ3v) is 7.06. The summed E-state index contributed by atoms with van der Waals surface area (Å²) in [6, 6.07) is 6.65. The van der Waals surface area contributed by atoms with Crippen LogP contribution in [0.25, 0.3) is 22.2 Å². The molecule has 13 heteroatoms. The van der Waals surface area contributed by atoms with Gasteiger partial charge in [-0.2, -0.15) is 13.5 Å². The van der Waals surface area contributed by atoms with E-state index >= 15 is 0 Å². The van der Waals surface area contributed by atoms with Gasteiger partial charge in [0.25, 0.3) is 10.1 Å². The van der Waals surface area contributed by atoms with Crippen LogP contribution in [0.5, 0.6) is 5.75 Å². The molecule has 0 bridgehead atoms. The van der Waals surface area contributed by atoms with E-state index in [2.05, 4.69) is 15.2 Å². The molecule has 37 heavy (non-hydrogen) atoms. The zero-order chi connectivity index (χ0) is 26.5. The molecule has 1 unspecified atom stereocenters. The molecule has 4 heterocycles. The van der Waals surface area contributed by atoms with Gasteiger partial charge in [-0.1, -0.05) is 23.2 Å². The van der Waals surface area contributed by atoms with E-state index in [1.807, 2.05) is 0 Å². The predicted molar refractivity (Wildman–Crippen MR) is 137 cm³/mol. The zero-order valence-electron chi connectivity index (χ0n) is 19.7. The largest absolute Gasteiger partial charge is 0.463 e.